The van der Waals surface area contributed by atoms with Crippen LogP contribution in [-0.4, -0.2) is 37.4 Å². The number of esters is 1. The van der Waals surface area contributed by atoms with E-state index in [1.165, 1.54) is 0 Å². The molecule has 1 aliphatic heterocycles. The predicted octanol–water partition coefficient (Wildman–Crippen LogP) is 0.315. The Balaban J connectivity index is 2.45. The number of hydrogen-bond acceptors (Lipinski definition) is 4. The molecule has 0 saturated carbocycles. The van der Waals surface area contributed by atoms with Crippen LogP contribution < -0.4 is 5.32 Å². The standard InChI is InChI=1S/C9H17NO3/c1-4-12-9(11)8-7(3)13-6(2)5-10-8/h6-8,10H,4-5H2,1-3H3/t6-,7+,8?/m0/s1. The van der Waals surface area contributed by atoms with E-state index in [9.17, 15) is 4.79 Å². The topological polar surface area (TPSA) is 47.6 Å². The quantitative estimate of drug-likeness (QED) is 0.632. The Labute approximate surface area is 78.6 Å². The van der Waals surface area contributed by atoms with Gasteiger partial charge in [0.15, 0.2) is 0 Å². The van der Waals surface area contributed by atoms with Crippen molar-refractivity contribution in [3.63, 3.8) is 0 Å². The van der Waals surface area contributed by atoms with Gasteiger partial charge in [0.25, 0.3) is 0 Å². The molecule has 4 heteroatoms. The fourth-order valence-electron chi connectivity index (χ4n) is 1.46. The molecule has 1 rings (SSSR count). The molecule has 0 spiro atoms. The highest BCUT2D eigenvalue weighted by Gasteiger charge is 2.31. The zero-order valence-electron chi connectivity index (χ0n) is 8.37. The van der Waals surface area contributed by atoms with E-state index in [1.54, 1.807) is 6.92 Å². The van der Waals surface area contributed by atoms with E-state index in [1.807, 2.05) is 13.8 Å². The maximum atomic E-state index is 11.4. The molecule has 76 valence electrons. The molecule has 3 atom stereocenters. The average Bonchev–Trinajstić information content (AvgIpc) is 2.04. The van der Waals surface area contributed by atoms with Crippen LogP contribution in [0.1, 0.15) is 20.8 Å². The minimum atomic E-state index is -0.309. The molecule has 0 amide bonds. The molecule has 1 fully saturated rings. The van der Waals surface area contributed by atoms with Crippen LogP contribution in [0.25, 0.3) is 0 Å². The van der Waals surface area contributed by atoms with Crippen molar-refractivity contribution in [1.29, 1.82) is 0 Å². The zero-order valence-corrected chi connectivity index (χ0v) is 8.37. The number of carbonyl (C=O) groups excluding carboxylic acids is 1. The van der Waals surface area contributed by atoms with Crippen LogP contribution in [0, 0.1) is 0 Å². The molecule has 1 aliphatic rings. The molecular weight excluding hydrogens is 170 g/mol. The van der Waals surface area contributed by atoms with Crippen molar-refractivity contribution in [3.8, 4) is 0 Å². The van der Waals surface area contributed by atoms with Crippen LogP contribution in [0.5, 0.6) is 0 Å². The maximum Gasteiger partial charge on any atom is 0.325 e. The summed E-state index contributed by atoms with van der Waals surface area (Å²) in [6.07, 6.45) is 0.0588. The summed E-state index contributed by atoms with van der Waals surface area (Å²) in [4.78, 5) is 11.4. The SMILES string of the molecule is CCOC(=O)C1NC[C@H](C)O[C@@H]1C. The monoisotopic (exact) mass is 187 g/mol. The van der Waals surface area contributed by atoms with Crippen molar-refractivity contribution >= 4 is 5.97 Å². The fraction of sp³-hybridized carbons (Fsp3) is 0.889. The molecule has 0 aromatic rings. The third-order valence-electron chi connectivity index (χ3n) is 2.08. The first-order valence-electron chi connectivity index (χ1n) is 4.70. The largest absolute Gasteiger partial charge is 0.465 e. The third-order valence-corrected chi connectivity index (χ3v) is 2.08. The number of morpholine rings is 1. The summed E-state index contributed by atoms with van der Waals surface area (Å²) in [6, 6.07) is -0.309. The van der Waals surface area contributed by atoms with Crippen LogP contribution in [-0.2, 0) is 14.3 Å². The van der Waals surface area contributed by atoms with Crippen molar-refractivity contribution < 1.29 is 14.3 Å². The smallest absolute Gasteiger partial charge is 0.325 e. The van der Waals surface area contributed by atoms with E-state index in [0.717, 1.165) is 0 Å². The molecule has 1 heterocycles. The number of rotatable bonds is 2. The van der Waals surface area contributed by atoms with E-state index >= 15 is 0 Å². The molecule has 0 bridgehead atoms. The van der Waals surface area contributed by atoms with Crippen molar-refractivity contribution in [2.75, 3.05) is 13.2 Å². The summed E-state index contributed by atoms with van der Waals surface area (Å²) < 4.78 is 10.4. The summed E-state index contributed by atoms with van der Waals surface area (Å²) in [5, 5.41) is 3.10. The van der Waals surface area contributed by atoms with Crippen molar-refractivity contribution in [2.24, 2.45) is 0 Å². The number of carbonyl (C=O) groups is 1. The first-order valence-corrected chi connectivity index (χ1v) is 4.70. The van der Waals surface area contributed by atoms with Crippen LogP contribution in [0.15, 0.2) is 0 Å². The molecule has 1 unspecified atom stereocenters. The molecule has 0 aliphatic carbocycles. The molecule has 0 aromatic carbocycles. The summed E-state index contributed by atoms with van der Waals surface area (Å²) in [6.45, 7) is 6.77. The van der Waals surface area contributed by atoms with Crippen molar-refractivity contribution in [3.05, 3.63) is 0 Å². The predicted molar refractivity (Wildman–Crippen MR) is 48.4 cm³/mol. The Hall–Kier alpha value is -0.610. The van der Waals surface area contributed by atoms with Gasteiger partial charge in [0.2, 0.25) is 0 Å². The molecule has 13 heavy (non-hydrogen) atoms. The van der Waals surface area contributed by atoms with Crippen molar-refractivity contribution in [1.82, 2.24) is 5.32 Å². The van der Waals surface area contributed by atoms with Crippen LogP contribution in [0.2, 0.25) is 0 Å². The minimum absolute atomic E-state index is 0.109. The highest BCUT2D eigenvalue weighted by Crippen LogP contribution is 2.10. The van der Waals surface area contributed by atoms with Gasteiger partial charge in [-0.2, -0.15) is 0 Å². The lowest BCUT2D eigenvalue weighted by molar-refractivity contribution is -0.154. The van der Waals surface area contributed by atoms with Gasteiger partial charge in [0.1, 0.15) is 6.04 Å². The van der Waals surface area contributed by atoms with E-state index in [0.29, 0.717) is 13.2 Å². The Bertz CT molecular complexity index is 184. The number of ether oxygens (including phenoxy) is 2. The highest BCUT2D eigenvalue weighted by molar-refractivity contribution is 5.76. The van der Waals surface area contributed by atoms with Crippen molar-refractivity contribution in [2.45, 2.75) is 39.0 Å². The third kappa shape index (κ3) is 2.67. The van der Waals surface area contributed by atoms with Gasteiger partial charge in [-0.1, -0.05) is 0 Å². The van der Waals surface area contributed by atoms with Gasteiger partial charge in [0, 0.05) is 6.54 Å². The molecular formula is C9H17NO3. The Morgan fingerprint density at radius 3 is 2.85 bits per heavy atom. The van der Waals surface area contributed by atoms with Gasteiger partial charge in [-0.05, 0) is 20.8 Å². The second-order valence-corrected chi connectivity index (χ2v) is 3.29. The van der Waals surface area contributed by atoms with Gasteiger partial charge in [0.05, 0.1) is 18.8 Å². The van der Waals surface area contributed by atoms with Gasteiger partial charge in [-0.25, -0.2) is 0 Å². The number of hydrogen-bond donors (Lipinski definition) is 1. The zero-order chi connectivity index (χ0) is 9.84. The second-order valence-electron chi connectivity index (χ2n) is 3.29. The summed E-state index contributed by atoms with van der Waals surface area (Å²) in [7, 11) is 0. The van der Waals surface area contributed by atoms with Crippen LogP contribution in [0.4, 0.5) is 0 Å². The molecule has 1 saturated heterocycles. The lowest BCUT2D eigenvalue weighted by atomic mass is 10.1. The Morgan fingerprint density at radius 2 is 2.31 bits per heavy atom. The minimum Gasteiger partial charge on any atom is -0.465 e. The lowest BCUT2D eigenvalue weighted by Crippen LogP contribution is -2.54. The molecule has 0 aromatic heterocycles. The fourth-order valence-corrected chi connectivity index (χ4v) is 1.46. The van der Waals surface area contributed by atoms with Crippen LogP contribution >= 0.6 is 0 Å². The number of nitrogens with one attached hydrogen (secondary N) is 1. The lowest BCUT2D eigenvalue weighted by Gasteiger charge is -2.32. The van der Waals surface area contributed by atoms with E-state index in [4.69, 9.17) is 9.47 Å². The van der Waals surface area contributed by atoms with E-state index < -0.39 is 0 Å². The molecule has 4 nitrogen and oxygen atoms in total. The summed E-state index contributed by atoms with van der Waals surface area (Å²) in [5.74, 6) is -0.220. The van der Waals surface area contributed by atoms with E-state index in [2.05, 4.69) is 5.32 Å². The molecule has 0 radical (unpaired) electrons. The van der Waals surface area contributed by atoms with Gasteiger partial charge < -0.3 is 9.47 Å². The van der Waals surface area contributed by atoms with Gasteiger partial charge in [-0.3, -0.25) is 10.1 Å². The first kappa shape index (κ1) is 10.5. The Kier molecular flexibility index (Phi) is 3.69. The van der Waals surface area contributed by atoms with E-state index in [-0.39, 0.29) is 24.2 Å². The Morgan fingerprint density at radius 1 is 1.62 bits per heavy atom. The summed E-state index contributed by atoms with van der Waals surface area (Å²) >= 11 is 0. The van der Waals surface area contributed by atoms with Gasteiger partial charge in [-0.15, -0.1) is 0 Å². The normalized spacial score (nSPS) is 34.2. The summed E-state index contributed by atoms with van der Waals surface area (Å²) in [5.41, 5.74) is 0. The first-order chi connectivity index (χ1) is 6.15. The molecule has 1 N–H and O–H groups in total. The average molecular weight is 187 g/mol. The van der Waals surface area contributed by atoms with Gasteiger partial charge >= 0.3 is 5.97 Å². The highest BCUT2D eigenvalue weighted by atomic mass is 16.5. The van der Waals surface area contributed by atoms with Crippen LogP contribution in [0.3, 0.4) is 0 Å². The maximum absolute atomic E-state index is 11.4. The second kappa shape index (κ2) is 4.58.